The molecule has 0 bridgehead atoms. The van der Waals surface area contributed by atoms with Crippen molar-refractivity contribution in [1.82, 2.24) is 0 Å². The lowest BCUT2D eigenvalue weighted by Crippen LogP contribution is -2.23. The van der Waals surface area contributed by atoms with Crippen molar-refractivity contribution in [3.63, 3.8) is 0 Å². The van der Waals surface area contributed by atoms with Crippen LogP contribution in [0.2, 0.25) is 0 Å². The van der Waals surface area contributed by atoms with E-state index >= 15 is 0 Å². The summed E-state index contributed by atoms with van der Waals surface area (Å²) in [5, 5.41) is 0. The minimum absolute atomic E-state index is 0.359. The number of hydrogen-bond donors (Lipinski definition) is 3. The summed E-state index contributed by atoms with van der Waals surface area (Å²) < 4.78 is 30.7. The molecule has 0 unspecified atom stereocenters. The van der Waals surface area contributed by atoms with Crippen LogP contribution in [0.5, 0.6) is 0 Å². The van der Waals surface area contributed by atoms with Gasteiger partial charge in [-0.05, 0) is 12.1 Å². The number of primary amides is 2. The Kier molecular flexibility index (Phi) is 2.97. The van der Waals surface area contributed by atoms with Gasteiger partial charge in [0.25, 0.3) is 16.0 Å². The zero-order valence-electron chi connectivity index (χ0n) is 7.88. The molecule has 8 heteroatoms. The summed E-state index contributed by atoms with van der Waals surface area (Å²) >= 11 is 0. The number of amides is 2. The fourth-order valence-corrected chi connectivity index (χ4v) is 1.92. The molecule has 0 atom stereocenters. The van der Waals surface area contributed by atoms with Crippen LogP contribution in [-0.4, -0.2) is 24.8 Å². The van der Waals surface area contributed by atoms with Crippen LogP contribution in [0.15, 0.2) is 23.1 Å². The smallest absolute Gasteiger partial charge is 0.295 e. The average Bonchev–Trinajstić information content (AvgIpc) is 2.14. The van der Waals surface area contributed by atoms with Gasteiger partial charge in [-0.1, -0.05) is 6.07 Å². The lowest BCUT2D eigenvalue weighted by molar-refractivity contribution is 0.0964. The minimum Gasteiger partial charge on any atom is -0.366 e. The van der Waals surface area contributed by atoms with Crippen molar-refractivity contribution >= 4 is 21.9 Å². The van der Waals surface area contributed by atoms with Crippen molar-refractivity contribution in [3.05, 3.63) is 29.3 Å². The molecule has 0 heterocycles. The third-order valence-electron chi connectivity index (χ3n) is 1.82. The van der Waals surface area contributed by atoms with Gasteiger partial charge < -0.3 is 11.5 Å². The van der Waals surface area contributed by atoms with E-state index in [1.807, 2.05) is 0 Å². The van der Waals surface area contributed by atoms with E-state index in [4.69, 9.17) is 16.0 Å². The van der Waals surface area contributed by atoms with Gasteiger partial charge in [0.2, 0.25) is 5.91 Å². The van der Waals surface area contributed by atoms with E-state index < -0.39 is 32.4 Å². The van der Waals surface area contributed by atoms with Crippen LogP contribution in [0.3, 0.4) is 0 Å². The molecule has 0 aliphatic carbocycles. The summed E-state index contributed by atoms with van der Waals surface area (Å²) in [4.78, 5) is 21.2. The number of benzene rings is 1. The SMILES string of the molecule is NC(=O)c1cccc(S(=O)(=O)O)c1C(N)=O. The molecule has 0 aliphatic rings. The van der Waals surface area contributed by atoms with E-state index in [1.54, 1.807) is 0 Å². The van der Waals surface area contributed by atoms with Gasteiger partial charge in [0.1, 0.15) is 4.90 Å². The summed E-state index contributed by atoms with van der Waals surface area (Å²) in [5.41, 5.74) is 8.90. The Labute approximate surface area is 90.8 Å². The Morgan fingerprint density at radius 3 is 2.06 bits per heavy atom. The Hall–Kier alpha value is -1.93. The topological polar surface area (TPSA) is 141 Å². The van der Waals surface area contributed by atoms with Crippen molar-refractivity contribution in [2.75, 3.05) is 0 Å². The maximum absolute atomic E-state index is 11.0. The van der Waals surface area contributed by atoms with Gasteiger partial charge in [0, 0.05) is 0 Å². The van der Waals surface area contributed by atoms with Crippen molar-refractivity contribution in [2.45, 2.75) is 4.90 Å². The predicted octanol–water partition coefficient (Wildman–Crippen LogP) is -0.869. The Bertz CT molecular complexity index is 564. The zero-order chi connectivity index (χ0) is 12.5. The van der Waals surface area contributed by atoms with Crippen molar-refractivity contribution in [2.24, 2.45) is 11.5 Å². The van der Waals surface area contributed by atoms with Crippen molar-refractivity contribution in [3.8, 4) is 0 Å². The highest BCUT2D eigenvalue weighted by Crippen LogP contribution is 2.18. The maximum Gasteiger partial charge on any atom is 0.295 e. The number of hydrogen-bond acceptors (Lipinski definition) is 4. The van der Waals surface area contributed by atoms with Crippen LogP contribution in [0.4, 0.5) is 0 Å². The van der Waals surface area contributed by atoms with E-state index in [1.165, 1.54) is 0 Å². The van der Waals surface area contributed by atoms with Gasteiger partial charge in [-0.2, -0.15) is 8.42 Å². The molecule has 0 radical (unpaired) electrons. The molecule has 1 aromatic carbocycles. The predicted molar refractivity (Wildman–Crippen MR) is 53.3 cm³/mol. The van der Waals surface area contributed by atoms with Gasteiger partial charge >= 0.3 is 0 Å². The van der Waals surface area contributed by atoms with E-state index in [0.29, 0.717) is 0 Å². The van der Waals surface area contributed by atoms with Gasteiger partial charge in [-0.25, -0.2) is 0 Å². The second kappa shape index (κ2) is 3.91. The summed E-state index contributed by atoms with van der Waals surface area (Å²) in [6.45, 7) is 0. The van der Waals surface area contributed by atoms with Crippen LogP contribution in [0.25, 0.3) is 0 Å². The molecule has 0 fully saturated rings. The molecule has 1 rings (SSSR count). The zero-order valence-corrected chi connectivity index (χ0v) is 8.69. The van der Waals surface area contributed by atoms with E-state index in [9.17, 15) is 18.0 Å². The third-order valence-corrected chi connectivity index (χ3v) is 2.71. The molecule has 5 N–H and O–H groups in total. The van der Waals surface area contributed by atoms with Gasteiger partial charge in [0.05, 0.1) is 11.1 Å². The quantitative estimate of drug-likeness (QED) is 0.593. The number of carbonyl (C=O) groups is 2. The monoisotopic (exact) mass is 244 g/mol. The Balaban J connectivity index is 3.72. The first-order valence-electron chi connectivity index (χ1n) is 3.95. The molecule has 86 valence electrons. The first-order chi connectivity index (χ1) is 7.25. The summed E-state index contributed by atoms with van der Waals surface area (Å²) in [5.74, 6) is -2.18. The lowest BCUT2D eigenvalue weighted by Gasteiger charge is -2.07. The summed E-state index contributed by atoms with van der Waals surface area (Å²) in [6, 6.07) is 3.24. The third kappa shape index (κ3) is 2.18. The molecule has 0 aromatic heterocycles. The first-order valence-corrected chi connectivity index (χ1v) is 5.39. The second-order valence-electron chi connectivity index (χ2n) is 2.88. The number of carbonyl (C=O) groups excluding carboxylic acids is 2. The first kappa shape index (κ1) is 12.1. The van der Waals surface area contributed by atoms with Crippen LogP contribution in [0.1, 0.15) is 20.7 Å². The normalized spacial score (nSPS) is 11.1. The van der Waals surface area contributed by atoms with Crippen LogP contribution < -0.4 is 11.5 Å². The van der Waals surface area contributed by atoms with Crippen LogP contribution in [-0.2, 0) is 10.1 Å². The molecule has 16 heavy (non-hydrogen) atoms. The highest BCUT2D eigenvalue weighted by Gasteiger charge is 2.23. The molecule has 0 saturated heterocycles. The Morgan fingerprint density at radius 1 is 1.12 bits per heavy atom. The van der Waals surface area contributed by atoms with E-state index in [2.05, 4.69) is 0 Å². The lowest BCUT2D eigenvalue weighted by atomic mass is 10.1. The average molecular weight is 244 g/mol. The van der Waals surface area contributed by atoms with Crippen LogP contribution in [0, 0.1) is 0 Å². The maximum atomic E-state index is 11.0. The van der Waals surface area contributed by atoms with E-state index in [-0.39, 0.29) is 5.56 Å². The molecular formula is C8H8N2O5S. The molecule has 0 spiro atoms. The largest absolute Gasteiger partial charge is 0.366 e. The molecular weight excluding hydrogens is 236 g/mol. The number of rotatable bonds is 3. The highest BCUT2D eigenvalue weighted by molar-refractivity contribution is 7.86. The molecule has 1 aromatic rings. The summed E-state index contributed by atoms with van der Waals surface area (Å²) in [7, 11) is -4.64. The van der Waals surface area contributed by atoms with Crippen molar-refractivity contribution in [1.29, 1.82) is 0 Å². The van der Waals surface area contributed by atoms with Crippen molar-refractivity contribution < 1.29 is 22.6 Å². The van der Waals surface area contributed by atoms with Crippen LogP contribution >= 0.6 is 0 Å². The molecule has 7 nitrogen and oxygen atoms in total. The fraction of sp³-hybridized carbons (Fsp3) is 0. The molecule has 2 amide bonds. The van der Waals surface area contributed by atoms with Gasteiger partial charge in [-0.3, -0.25) is 14.1 Å². The van der Waals surface area contributed by atoms with Gasteiger partial charge in [-0.15, -0.1) is 0 Å². The standard InChI is InChI=1S/C8H8N2O5S/c9-7(11)4-2-1-3-5(16(13,14)15)6(4)8(10)12/h1-3H,(H2,9,11)(H2,10,12)(H,13,14,15). The minimum atomic E-state index is -4.64. The molecule has 0 aliphatic heterocycles. The second-order valence-corrected chi connectivity index (χ2v) is 4.27. The Morgan fingerprint density at radius 2 is 1.69 bits per heavy atom. The fourth-order valence-electron chi connectivity index (χ4n) is 1.21. The van der Waals surface area contributed by atoms with E-state index in [0.717, 1.165) is 18.2 Å². The highest BCUT2D eigenvalue weighted by atomic mass is 32.2. The molecule has 0 saturated carbocycles. The summed E-state index contributed by atoms with van der Waals surface area (Å²) in [6.07, 6.45) is 0. The van der Waals surface area contributed by atoms with Gasteiger partial charge in [0.15, 0.2) is 0 Å². The number of nitrogens with two attached hydrogens (primary N) is 2.